The first kappa shape index (κ1) is 18.2. The summed E-state index contributed by atoms with van der Waals surface area (Å²) in [4.78, 5) is 11.2. The molecule has 0 saturated carbocycles. The average molecular weight is 336 g/mol. The van der Waals surface area contributed by atoms with Gasteiger partial charge in [0.25, 0.3) is 0 Å². The summed E-state index contributed by atoms with van der Waals surface area (Å²) in [7, 11) is 0. The van der Waals surface area contributed by atoms with E-state index in [0.29, 0.717) is 6.07 Å². The SMILES string of the molecule is CCOC(=O)c1ccc(C(F)(C(F)(F)F)C(F)(F)F)cc1F. The number of esters is 1. The van der Waals surface area contributed by atoms with Crippen molar-refractivity contribution in [1.29, 1.82) is 0 Å². The van der Waals surface area contributed by atoms with Crippen molar-refractivity contribution in [2.45, 2.75) is 24.9 Å². The van der Waals surface area contributed by atoms with Crippen LogP contribution >= 0.6 is 0 Å². The molecule has 0 saturated heterocycles. The van der Waals surface area contributed by atoms with Crippen LogP contribution in [0.5, 0.6) is 0 Å². The van der Waals surface area contributed by atoms with Crippen molar-refractivity contribution in [3.05, 3.63) is 35.1 Å². The lowest BCUT2D eigenvalue weighted by molar-refractivity contribution is -0.348. The van der Waals surface area contributed by atoms with Gasteiger partial charge in [-0.15, -0.1) is 0 Å². The Morgan fingerprint density at radius 3 is 1.91 bits per heavy atom. The Bertz CT molecular complexity index is 547. The molecule has 0 unspecified atom stereocenters. The molecule has 0 aliphatic rings. The molecular weight excluding hydrogens is 328 g/mol. The highest BCUT2D eigenvalue weighted by Gasteiger charge is 2.73. The lowest BCUT2D eigenvalue weighted by atomic mass is 9.93. The fraction of sp³-hybridized carbons (Fsp3) is 0.417. The minimum Gasteiger partial charge on any atom is -0.462 e. The summed E-state index contributed by atoms with van der Waals surface area (Å²) in [6.45, 7) is 1.16. The quantitative estimate of drug-likeness (QED) is 0.608. The van der Waals surface area contributed by atoms with Crippen LogP contribution in [0.1, 0.15) is 22.8 Å². The highest BCUT2D eigenvalue weighted by atomic mass is 19.4. The van der Waals surface area contributed by atoms with Crippen molar-refractivity contribution in [3.63, 3.8) is 0 Å². The van der Waals surface area contributed by atoms with Gasteiger partial charge < -0.3 is 4.74 Å². The molecule has 124 valence electrons. The van der Waals surface area contributed by atoms with Crippen LogP contribution < -0.4 is 0 Å². The van der Waals surface area contributed by atoms with Crippen molar-refractivity contribution in [1.82, 2.24) is 0 Å². The number of halogens is 8. The van der Waals surface area contributed by atoms with Gasteiger partial charge in [0.1, 0.15) is 5.82 Å². The summed E-state index contributed by atoms with van der Waals surface area (Å²) in [6.07, 6.45) is -12.7. The molecule has 22 heavy (non-hydrogen) atoms. The van der Waals surface area contributed by atoms with Crippen LogP contribution in [-0.2, 0) is 10.4 Å². The Labute approximate surface area is 118 Å². The Balaban J connectivity index is 3.43. The molecule has 0 aliphatic heterocycles. The van der Waals surface area contributed by atoms with Gasteiger partial charge in [0.05, 0.1) is 12.2 Å². The number of carbonyl (C=O) groups is 1. The highest BCUT2D eigenvalue weighted by Crippen LogP contribution is 2.53. The van der Waals surface area contributed by atoms with E-state index in [4.69, 9.17) is 0 Å². The Hall–Kier alpha value is -1.87. The molecule has 0 bridgehead atoms. The van der Waals surface area contributed by atoms with Gasteiger partial charge in [0, 0.05) is 5.56 Å². The molecule has 0 radical (unpaired) electrons. The van der Waals surface area contributed by atoms with Crippen LogP contribution in [-0.4, -0.2) is 24.9 Å². The molecule has 0 fully saturated rings. The summed E-state index contributed by atoms with van der Waals surface area (Å²) < 4.78 is 106. The molecule has 0 atom stereocenters. The standard InChI is InChI=1S/C12H8F8O2/c1-2-22-9(21)7-4-3-6(5-8(7)13)10(14,11(15,16)17)12(18,19)20/h3-5H,2H2,1H3. The molecule has 1 aromatic rings. The maximum atomic E-state index is 13.7. The normalized spacial score (nSPS) is 13.1. The molecule has 0 heterocycles. The van der Waals surface area contributed by atoms with E-state index in [1.165, 1.54) is 6.92 Å². The fourth-order valence-corrected chi connectivity index (χ4v) is 1.59. The van der Waals surface area contributed by atoms with Crippen molar-refractivity contribution in [2.75, 3.05) is 6.61 Å². The lowest BCUT2D eigenvalue weighted by Gasteiger charge is -2.30. The van der Waals surface area contributed by atoms with Gasteiger partial charge in [-0.1, -0.05) is 6.07 Å². The molecule has 0 amide bonds. The minimum absolute atomic E-state index is 0.0380. The molecule has 1 rings (SSSR count). The summed E-state index contributed by atoms with van der Waals surface area (Å²) >= 11 is 0. The van der Waals surface area contributed by atoms with Crippen molar-refractivity contribution in [2.24, 2.45) is 0 Å². The van der Waals surface area contributed by atoms with Gasteiger partial charge in [-0.05, 0) is 19.1 Å². The lowest BCUT2D eigenvalue weighted by Crippen LogP contribution is -2.50. The third kappa shape index (κ3) is 3.00. The molecule has 0 spiro atoms. The van der Waals surface area contributed by atoms with E-state index >= 15 is 0 Å². The maximum Gasteiger partial charge on any atom is 0.435 e. The number of benzene rings is 1. The third-order valence-corrected chi connectivity index (χ3v) is 2.64. The predicted molar refractivity (Wildman–Crippen MR) is 57.3 cm³/mol. The second-order valence-corrected chi connectivity index (χ2v) is 4.07. The summed E-state index contributed by atoms with van der Waals surface area (Å²) in [6, 6.07) is 0.0119. The van der Waals surface area contributed by atoms with Gasteiger partial charge in [0.2, 0.25) is 0 Å². The molecule has 10 heteroatoms. The number of hydrogen-bond acceptors (Lipinski definition) is 2. The Morgan fingerprint density at radius 1 is 1.05 bits per heavy atom. The molecule has 0 aliphatic carbocycles. The zero-order valence-electron chi connectivity index (χ0n) is 10.8. The third-order valence-electron chi connectivity index (χ3n) is 2.64. The van der Waals surface area contributed by atoms with E-state index in [-0.39, 0.29) is 18.7 Å². The van der Waals surface area contributed by atoms with Crippen LogP contribution in [0.3, 0.4) is 0 Å². The van der Waals surface area contributed by atoms with E-state index in [1.54, 1.807) is 0 Å². The summed E-state index contributed by atoms with van der Waals surface area (Å²) in [5.41, 5.74) is -8.68. The van der Waals surface area contributed by atoms with E-state index in [2.05, 4.69) is 4.74 Å². The highest BCUT2D eigenvalue weighted by molar-refractivity contribution is 5.89. The number of carbonyl (C=O) groups excluding carboxylic acids is 1. The molecule has 0 N–H and O–H groups in total. The Kier molecular flexibility index (Phi) is 4.73. The van der Waals surface area contributed by atoms with Crippen LogP contribution in [0.4, 0.5) is 35.1 Å². The van der Waals surface area contributed by atoms with E-state index < -0.39 is 40.9 Å². The summed E-state index contributed by atoms with van der Waals surface area (Å²) in [5, 5.41) is 0. The number of hydrogen-bond donors (Lipinski definition) is 0. The van der Waals surface area contributed by atoms with E-state index in [1.807, 2.05) is 0 Å². The van der Waals surface area contributed by atoms with Gasteiger partial charge in [-0.2, -0.15) is 26.3 Å². The number of alkyl halides is 7. The topological polar surface area (TPSA) is 26.3 Å². The first-order valence-corrected chi connectivity index (χ1v) is 5.65. The monoisotopic (exact) mass is 336 g/mol. The van der Waals surface area contributed by atoms with Gasteiger partial charge in [-0.3, -0.25) is 0 Å². The maximum absolute atomic E-state index is 13.7. The van der Waals surface area contributed by atoms with Gasteiger partial charge in [-0.25, -0.2) is 13.6 Å². The number of rotatable bonds is 3. The van der Waals surface area contributed by atoms with Crippen LogP contribution in [0.15, 0.2) is 18.2 Å². The molecular formula is C12H8F8O2. The van der Waals surface area contributed by atoms with E-state index in [0.717, 1.165) is 0 Å². The second-order valence-electron chi connectivity index (χ2n) is 4.07. The van der Waals surface area contributed by atoms with Crippen molar-refractivity contribution >= 4 is 5.97 Å². The zero-order valence-corrected chi connectivity index (χ0v) is 10.8. The fourth-order valence-electron chi connectivity index (χ4n) is 1.59. The smallest absolute Gasteiger partial charge is 0.435 e. The van der Waals surface area contributed by atoms with Crippen LogP contribution in [0.25, 0.3) is 0 Å². The zero-order chi connectivity index (χ0) is 17.3. The van der Waals surface area contributed by atoms with Crippen molar-refractivity contribution in [3.8, 4) is 0 Å². The summed E-state index contributed by atoms with van der Waals surface area (Å²) in [5.74, 6) is -3.05. The first-order chi connectivity index (χ1) is 9.86. The average Bonchev–Trinajstić information content (AvgIpc) is 2.35. The van der Waals surface area contributed by atoms with E-state index in [9.17, 15) is 39.9 Å². The molecule has 0 aromatic heterocycles. The van der Waals surface area contributed by atoms with Crippen molar-refractivity contribution < 1.29 is 44.7 Å². The largest absolute Gasteiger partial charge is 0.462 e. The van der Waals surface area contributed by atoms with Crippen LogP contribution in [0, 0.1) is 5.82 Å². The molecule has 1 aromatic carbocycles. The Morgan fingerprint density at radius 2 is 1.55 bits per heavy atom. The second kappa shape index (κ2) is 5.73. The number of ether oxygens (including phenoxy) is 1. The van der Waals surface area contributed by atoms with Gasteiger partial charge in [0.15, 0.2) is 0 Å². The van der Waals surface area contributed by atoms with Gasteiger partial charge >= 0.3 is 24.0 Å². The first-order valence-electron chi connectivity index (χ1n) is 5.65. The van der Waals surface area contributed by atoms with Crippen LogP contribution in [0.2, 0.25) is 0 Å². The molecule has 2 nitrogen and oxygen atoms in total. The predicted octanol–water partition coefficient (Wildman–Crippen LogP) is 4.29. The minimum atomic E-state index is -6.36.